The summed E-state index contributed by atoms with van der Waals surface area (Å²) in [4.78, 5) is 34.9. The van der Waals surface area contributed by atoms with E-state index in [-0.39, 0.29) is 5.78 Å². The SMILES string of the molecule is COc1ccc(C(=O)Oc2cccc(Cc3cccc(OOc4cccc(C(C)=O)c4)c3)c2)cc1. The minimum Gasteiger partial charge on any atom is -0.497 e. The summed E-state index contributed by atoms with van der Waals surface area (Å²) in [6.07, 6.45) is 0.602. The van der Waals surface area contributed by atoms with Crippen molar-refractivity contribution in [2.24, 2.45) is 0 Å². The minimum atomic E-state index is -0.439. The maximum atomic E-state index is 12.5. The molecule has 0 bridgehead atoms. The molecule has 0 saturated heterocycles. The van der Waals surface area contributed by atoms with Gasteiger partial charge in [0, 0.05) is 5.56 Å². The van der Waals surface area contributed by atoms with Crippen molar-refractivity contribution in [3.05, 3.63) is 119 Å². The predicted molar refractivity (Wildman–Crippen MR) is 131 cm³/mol. The van der Waals surface area contributed by atoms with E-state index in [1.54, 1.807) is 67.8 Å². The van der Waals surface area contributed by atoms with Gasteiger partial charge in [-0.3, -0.25) is 14.6 Å². The van der Waals surface area contributed by atoms with Gasteiger partial charge in [-0.05, 0) is 85.1 Å². The van der Waals surface area contributed by atoms with Crippen molar-refractivity contribution < 1.29 is 28.8 Å². The normalized spacial score (nSPS) is 10.3. The Morgan fingerprint density at radius 3 is 1.83 bits per heavy atom. The zero-order chi connectivity index (χ0) is 24.6. The summed E-state index contributed by atoms with van der Waals surface area (Å²) in [6, 6.07) is 28.4. The number of benzene rings is 4. The lowest BCUT2D eigenvalue weighted by atomic mass is 10.0. The molecule has 176 valence electrons. The van der Waals surface area contributed by atoms with Gasteiger partial charge in [0.05, 0.1) is 12.7 Å². The van der Waals surface area contributed by atoms with Gasteiger partial charge in [-0.1, -0.05) is 36.4 Å². The van der Waals surface area contributed by atoms with Crippen LogP contribution in [0.1, 0.15) is 38.8 Å². The molecule has 4 aromatic rings. The third-order valence-electron chi connectivity index (χ3n) is 5.22. The Morgan fingerprint density at radius 1 is 0.629 bits per heavy atom. The number of carbonyl (C=O) groups is 2. The largest absolute Gasteiger partial charge is 0.497 e. The van der Waals surface area contributed by atoms with E-state index in [0.717, 1.165) is 11.1 Å². The molecule has 6 heteroatoms. The lowest BCUT2D eigenvalue weighted by molar-refractivity contribution is -0.1000. The van der Waals surface area contributed by atoms with Crippen LogP contribution in [0, 0.1) is 0 Å². The fraction of sp³-hybridized carbons (Fsp3) is 0.103. The van der Waals surface area contributed by atoms with E-state index in [0.29, 0.717) is 40.5 Å². The molecule has 0 aromatic heterocycles. The quantitative estimate of drug-likeness (QED) is 0.0975. The van der Waals surface area contributed by atoms with E-state index < -0.39 is 5.97 Å². The molecule has 0 fully saturated rings. The number of esters is 1. The van der Waals surface area contributed by atoms with Gasteiger partial charge in [0.25, 0.3) is 0 Å². The molecule has 6 nitrogen and oxygen atoms in total. The van der Waals surface area contributed by atoms with Crippen molar-refractivity contribution in [1.29, 1.82) is 0 Å². The number of hydrogen-bond donors (Lipinski definition) is 0. The number of ketones is 1. The summed E-state index contributed by atoms with van der Waals surface area (Å²) >= 11 is 0. The van der Waals surface area contributed by atoms with Crippen LogP contribution in [-0.2, 0) is 6.42 Å². The second-order valence-electron chi connectivity index (χ2n) is 7.84. The van der Waals surface area contributed by atoms with Crippen LogP contribution >= 0.6 is 0 Å². The van der Waals surface area contributed by atoms with Crippen molar-refractivity contribution in [1.82, 2.24) is 0 Å². The molecule has 35 heavy (non-hydrogen) atoms. The number of methoxy groups -OCH3 is 1. The molecule has 0 heterocycles. The fourth-order valence-corrected chi connectivity index (χ4v) is 3.42. The molecule has 0 saturated carbocycles. The highest BCUT2D eigenvalue weighted by atomic mass is 17.2. The van der Waals surface area contributed by atoms with Crippen molar-refractivity contribution in [2.45, 2.75) is 13.3 Å². The minimum absolute atomic E-state index is 0.0469. The summed E-state index contributed by atoms with van der Waals surface area (Å²) in [5.41, 5.74) is 2.95. The van der Waals surface area contributed by atoms with E-state index in [1.807, 2.05) is 36.4 Å². The second kappa shape index (κ2) is 11.0. The van der Waals surface area contributed by atoms with Crippen molar-refractivity contribution >= 4 is 11.8 Å². The highest BCUT2D eigenvalue weighted by Crippen LogP contribution is 2.22. The standard InChI is InChI=1S/C29H24O6/c1-20(30)24-8-5-11-28(19-24)35-34-27-10-4-7-22(18-27)16-21-6-3-9-26(17-21)33-29(31)23-12-14-25(32-2)15-13-23/h3-15,17-19H,16H2,1-2H3. The van der Waals surface area contributed by atoms with E-state index in [1.165, 1.54) is 6.92 Å². The molecule has 0 atom stereocenters. The fourth-order valence-electron chi connectivity index (χ4n) is 3.42. The van der Waals surface area contributed by atoms with Gasteiger partial charge in [0.15, 0.2) is 17.3 Å². The number of rotatable bonds is 9. The first-order valence-electron chi connectivity index (χ1n) is 11.0. The molecule has 0 amide bonds. The Hall–Kier alpha value is -4.58. The maximum absolute atomic E-state index is 12.5. The molecule has 0 unspecified atom stereocenters. The van der Waals surface area contributed by atoms with Gasteiger partial charge < -0.3 is 9.47 Å². The molecular formula is C29H24O6. The molecule has 0 N–H and O–H groups in total. The van der Waals surface area contributed by atoms with Gasteiger partial charge in [0.2, 0.25) is 0 Å². The lowest BCUT2D eigenvalue weighted by Crippen LogP contribution is -2.08. The molecule has 4 rings (SSSR count). The van der Waals surface area contributed by atoms with E-state index in [4.69, 9.17) is 19.2 Å². The Balaban J connectivity index is 1.39. The van der Waals surface area contributed by atoms with E-state index in [9.17, 15) is 9.59 Å². The van der Waals surface area contributed by atoms with Crippen LogP contribution in [0.15, 0.2) is 97.1 Å². The van der Waals surface area contributed by atoms with E-state index >= 15 is 0 Å². The monoisotopic (exact) mass is 468 g/mol. The molecule has 0 radical (unpaired) electrons. The Bertz CT molecular complexity index is 1330. The average molecular weight is 469 g/mol. The lowest BCUT2D eigenvalue weighted by Gasteiger charge is -2.09. The first-order valence-corrected chi connectivity index (χ1v) is 11.0. The van der Waals surface area contributed by atoms with Gasteiger partial charge in [-0.25, -0.2) is 4.79 Å². The smallest absolute Gasteiger partial charge is 0.343 e. The van der Waals surface area contributed by atoms with Crippen molar-refractivity contribution in [3.63, 3.8) is 0 Å². The number of ether oxygens (including phenoxy) is 2. The van der Waals surface area contributed by atoms with Crippen molar-refractivity contribution in [2.75, 3.05) is 7.11 Å². The van der Waals surface area contributed by atoms with Crippen molar-refractivity contribution in [3.8, 4) is 23.0 Å². The molecule has 4 aromatic carbocycles. The first-order chi connectivity index (χ1) is 17.0. The van der Waals surface area contributed by atoms with Crippen LogP contribution in [0.4, 0.5) is 0 Å². The molecule has 0 spiro atoms. The summed E-state index contributed by atoms with van der Waals surface area (Å²) in [7, 11) is 1.57. The van der Waals surface area contributed by atoms with Gasteiger partial charge in [-0.15, -0.1) is 0 Å². The van der Waals surface area contributed by atoms with Gasteiger partial charge in [0.1, 0.15) is 11.5 Å². The molecular weight excluding hydrogens is 444 g/mol. The predicted octanol–water partition coefficient (Wildman–Crippen LogP) is 6.08. The van der Waals surface area contributed by atoms with Gasteiger partial charge in [-0.2, -0.15) is 0 Å². The molecule has 0 aliphatic carbocycles. The van der Waals surface area contributed by atoms with Crippen LogP contribution in [-0.4, -0.2) is 18.9 Å². The third kappa shape index (κ3) is 6.48. The third-order valence-corrected chi connectivity index (χ3v) is 5.22. The summed E-state index contributed by atoms with van der Waals surface area (Å²) in [5.74, 6) is 1.61. The van der Waals surface area contributed by atoms with Gasteiger partial charge >= 0.3 is 5.97 Å². The summed E-state index contributed by atoms with van der Waals surface area (Å²) < 4.78 is 10.7. The summed E-state index contributed by atoms with van der Waals surface area (Å²) in [6.45, 7) is 1.50. The van der Waals surface area contributed by atoms with Crippen LogP contribution in [0.2, 0.25) is 0 Å². The topological polar surface area (TPSA) is 71.1 Å². The van der Waals surface area contributed by atoms with Crippen LogP contribution in [0.25, 0.3) is 0 Å². The Labute approximate surface area is 203 Å². The number of carbonyl (C=O) groups excluding carboxylic acids is 2. The number of Topliss-reactive ketones (excluding diaryl/α,β-unsaturated/α-hetero) is 1. The first kappa shape index (κ1) is 23.6. The maximum Gasteiger partial charge on any atom is 0.343 e. The second-order valence-corrected chi connectivity index (χ2v) is 7.84. The average Bonchev–Trinajstić information content (AvgIpc) is 2.88. The highest BCUT2D eigenvalue weighted by Gasteiger charge is 2.10. The zero-order valence-electron chi connectivity index (χ0n) is 19.4. The molecule has 0 aliphatic heterocycles. The van der Waals surface area contributed by atoms with Crippen LogP contribution in [0.3, 0.4) is 0 Å². The summed E-state index contributed by atoms with van der Waals surface area (Å²) in [5, 5.41) is 0. The highest BCUT2D eigenvalue weighted by molar-refractivity contribution is 5.94. The molecule has 0 aliphatic rings. The van der Waals surface area contributed by atoms with Crippen LogP contribution < -0.4 is 19.2 Å². The zero-order valence-corrected chi connectivity index (χ0v) is 19.4. The number of hydrogen-bond acceptors (Lipinski definition) is 6. The Morgan fingerprint density at radius 2 is 1.20 bits per heavy atom. The van der Waals surface area contributed by atoms with Crippen LogP contribution in [0.5, 0.6) is 23.0 Å². The van der Waals surface area contributed by atoms with E-state index in [2.05, 4.69) is 0 Å². The Kier molecular flexibility index (Phi) is 7.43.